The monoisotopic (exact) mass is 189 g/mol. The molecule has 0 aliphatic heterocycles. The number of rotatable bonds is 2. The number of fused-ring (bicyclic) bond motifs is 1. The molecule has 3 heteroatoms. The molecular weight excluding hydrogens is 174 g/mol. The normalized spacial score (nSPS) is 11.1. The predicted molar refractivity (Wildman–Crippen MR) is 58.0 cm³/mol. The predicted octanol–water partition coefficient (Wildman–Crippen LogP) is 1.82. The van der Waals surface area contributed by atoms with Gasteiger partial charge in [0.1, 0.15) is 0 Å². The molecule has 2 aromatic rings. The van der Waals surface area contributed by atoms with Crippen molar-refractivity contribution in [3.05, 3.63) is 29.5 Å². The zero-order valence-electron chi connectivity index (χ0n) is 8.62. The summed E-state index contributed by atoms with van der Waals surface area (Å²) in [4.78, 5) is 0. The molecule has 0 amide bonds. The third kappa shape index (κ3) is 1.21. The molecule has 0 bridgehead atoms. The van der Waals surface area contributed by atoms with Crippen LogP contribution in [0.15, 0.2) is 18.2 Å². The summed E-state index contributed by atoms with van der Waals surface area (Å²) < 4.78 is 2.02. The van der Waals surface area contributed by atoms with Crippen LogP contribution in [0.3, 0.4) is 0 Å². The Morgan fingerprint density at radius 3 is 2.86 bits per heavy atom. The fraction of sp³-hybridized carbons (Fsp3) is 0.364. The summed E-state index contributed by atoms with van der Waals surface area (Å²) >= 11 is 0. The fourth-order valence-electron chi connectivity index (χ4n) is 1.90. The lowest BCUT2D eigenvalue weighted by Crippen LogP contribution is -1.99. The molecule has 0 aliphatic carbocycles. The number of aromatic nitrogens is 2. The van der Waals surface area contributed by atoms with Gasteiger partial charge in [-0.15, -0.1) is 0 Å². The maximum atomic E-state index is 5.70. The van der Waals surface area contributed by atoms with Crippen LogP contribution in [0, 0.1) is 6.92 Å². The Kier molecular flexibility index (Phi) is 2.25. The summed E-state index contributed by atoms with van der Waals surface area (Å²) in [6.07, 6.45) is 0. The van der Waals surface area contributed by atoms with Crippen LogP contribution in [0.1, 0.15) is 18.2 Å². The highest BCUT2D eigenvalue weighted by Gasteiger charge is 2.08. The number of aryl methyl sites for hydroxylation is 2. The van der Waals surface area contributed by atoms with Crippen molar-refractivity contribution in [2.45, 2.75) is 26.9 Å². The van der Waals surface area contributed by atoms with Crippen molar-refractivity contribution in [2.24, 2.45) is 5.73 Å². The zero-order chi connectivity index (χ0) is 10.1. The van der Waals surface area contributed by atoms with E-state index in [1.54, 1.807) is 0 Å². The molecule has 14 heavy (non-hydrogen) atoms. The molecular formula is C11H15N3. The van der Waals surface area contributed by atoms with Gasteiger partial charge in [-0.3, -0.25) is 4.68 Å². The minimum Gasteiger partial charge on any atom is -0.326 e. The number of hydrogen-bond donors (Lipinski definition) is 1. The molecule has 0 atom stereocenters. The maximum absolute atomic E-state index is 5.70. The highest BCUT2D eigenvalue weighted by molar-refractivity contribution is 5.84. The Hall–Kier alpha value is -1.35. The molecule has 1 aromatic carbocycles. The molecule has 2 N–H and O–H groups in total. The van der Waals surface area contributed by atoms with Crippen LogP contribution in [0.5, 0.6) is 0 Å². The Morgan fingerprint density at radius 2 is 2.21 bits per heavy atom. The Labute approximate surface area is 83.5 Å². The second-order valence-electron chi connectivity index (χ2n) is 3.42. The van der Waals surface area contributed by atoms with Gasteiger partial charge >= 0.3 is 0 Å². The molecule has 0 fully saturated rings. The van der Waals surface area contributed by atoms with Gasteiger partial charge in [0.15, 0.2) is 0 Å². The molecule has 74 valence electrons. The number of nitrogens with zero attached hydrogens (tertiary/aromatic N) is 2. The van der Waals surface area contributed by atoms with E-state index >= 15 is 0 Å². The Morgan fingerprint density at radius 1 is 1.43 bits per heavy atom. The SMILES string of the molecule is CCn1nc2cccc(CN)c2c1C. The van der Waals surface area contributed by atoms with Crippen molar-refractivity contribution in [1.82, 2.24) is 9.78 Å². The summed E-state index contributed by atoms with van der Waals surface area (Å²) in [5.41, 5.74) is 9.14. The first-order valence-electron chi connectivity index (χ1n) is 4.93. The van der Waals surface area contributed by atoms with Crippen LogP contribution in [0.25, 0.3) is 10.9 Å². The van der Waals surface area contributed by atoms with E-state index in [9.17, 15) is 0 Å². The Balaban J connectivity index is 2.79. The van der Waals surface area contributed by atoms with E-state index in [0.717, 1.165) is 12.1 Å². The van der Waals surface area contributed by atoms with Crippen molar-refractivity contribution in [2.75, 3.05) is 0 Å². The lowest BCUT2D eigenvalue weighted by Gasteiger charge is -2.00. The molecule has 0 unspecified atom stereocenters. The third-order valence-electron chi connectivity index (χ3n) is 2.63. The average molecular weight is 189 g/mol. The summed E-state index contributed by atoms with van der Waals surface area (Å²) in [5, 5.41) is 5.72. The quantitative estimate of drug-likeness (QED) is 0.783. The van der Waals surface area contributed by atoms with Crippen molar-refractivity contribution in [3.8, 4) is 0 Å². The van der Waals surface area contributed by atoms with Crippen LogP contribution >= 0.6 is 0 Å². The summed E-state index contributed by atoms with van der Waals surface area (Å²) in [7, 11) is 0. The van der Waals surface area contributed by atoms with Crippen LogP contribution < -0.4 is 5.73 Å². The second-order valence-corrected chi connectivity index (χ2v) is 3.42. The lowest BCUT2D eigenvalue weighted by molar-refractivity contribution is 0.647. The molecule has 0 saturated carbocycles. The van der Waals surface area contributed by atoms with Gasteiger partial charge in [0.05, 0.1) is 5.52 Å². The Bertz CT molecular complexity index is 457. The van der Waals surface area contributed by atoms with Crippen molar-refractivity contribution in [3.63, 3.8) is 0 Å². The van der Waals surface area contributed by atoms with Gasteiger partial charge < -0.3 is 5.73 Å². The van der Waals surface area contributed by atoms with Crippen LogP contribution in [-0.4, -0.2) is 9.78 Å². The number of hydrogen-bond acceptors (Lipinski definition) is 2. The standard InChI is InChI=1S/C11H15N3/c1-3-14-8(2)11-9(7-12)5-4-6-10(11)13-14/h4-6H,3,7,12H2,1-2H3. The van der Waals surface area contributed by atoms with E-state index in [0.29, 0.717) is 6.54 Å². The van der Waals surface area contributed by atoms with Gasteiger partial charge in [-0.2, -0.15) is 5.10 Å². The topological polar surface area (TPSA) is 43.8 Å². The van der Waals surface area contributed by atoms with E-state index < -0.39 is 0 Å². The minimum atomic E-state index is 0.577. The van der Waals surface area contributed by atoms with Crippen molar-refractivity contribution < 1.29 is 0 Å². The summed E-state index contributed by atoms with van der Waals surface area (Å²) in [6.45, 7) is 5.68. The van der Waals surface area contributed by atoms with Gasteiger partial charge in [-0.25, -0.2) is 0 Å². The lowest BCUT2D eigenvalue weighted by atomic mass is 10.1. The average Bonchev–Trinajstić information content (AvgIpc) is 2.55. The van der Waals surface area contributed by atoms with E-state index in [1.165, 1.54) is 16.6 Å². The molecule has 1 aromatic heterocycles. The number of benzene rings is 1. The van der Waals surface area contributed by atoms with Gasteiger partial charge in [0.2, 0.25) is 0 Å². The van der Waals surface area contributed by atoms with Gasteiger partial charge in [-0.05, 0) is 25.5 Å². The van der Waals surface area contributed by atoms with E-state index in [4.69, 9.17) is 5.73 Å². The van der Waals surface area contributed by atoms with E-state index in [-0.39, 0.29) is 0 Å². The van der Waals surface area contributed by atoms with E-state index in [1.807, 2.05) is 16.8 Å². The highest BCUT2D eigenvalue weighted by Crippen LogP contribution is 2.21. The molecule has 0 saturated heterocycles. The molecule has 3 nitrogen and oxygen atoms in total. The third-order valence-corrected chi connectivity index (χ3v) is 2.63. The molecule has 1 heterocycles. The first-order valence-corrected chi connectivity index (χ1v) is 4.93. The molecule has 0 spiro atoms. The largest absolute Gasteiger partial charge is 0.326 e. The maximum Gasteiger partial charge on any atom is 0.0929 e. The summed E-state index contributed by atoms with van der Waals surface area (Å²) in [6, 6.07) is 6.11. The zero-order valence-corrected chi connectivity index (χ0v) is 8.62. The molecule has 2 rings (SSSR count). The fourth-order valence-corrected chi connectivity index (χ4v) is 1.90. The second kappa shape index (κ2) is 3.42. The first kappa shape index (κ1) is 9.21. The van der Waals surface area contributed by atoms with Crippen molar-refractivity contribution >= 4 is 10.9 Å². The van der Waals surface area contributed by atoms with Crippen LogP contribution in [-0.2, 0) is 13.1 Å². The highest BCUT2D eigenvalue weighted by atomic mass is 15.3. The van der Waals surface area contributed by atoms with Gasteiger partial charge in [-0.1, -0.05) is 12.1 Å². The number of nitrogens with two attached hydrogens (primary N) is 1. The minimum absolute atomic E-state index is 0.577. The molecule has 0 aliphatic rings. The van der Waals surface area contributed by atoms with E-state index in [2.05, 4.69) is 25.0 Å². The summed E-state index contributed by atoms with van der Waals surface area (Å²) in [5.74, 6) is 0. The van der Waals surface area contributed by atoms with Gasteiger partial charge in [0, 0.05) is 24.2 Å². The van der Waals surface area contributed by atoms with Crippen LogP contribution in [0.2, 0.25) is 0 Å². The van der Waals surface area contributed by atoms with Crippen LogP contribution in [0.4, 0.5) is 0 Å². The van der Waals surface area contributed by atoms with Crippen molar-refractivity contribution in [1.29, 1.82) is 0 Å². The smallest absolute Gasteiger partial charge is 0.0929 e. The van der Waals surface area contributed by atoms with Gasteiger partial charge in [0.25, 0.3) is 0 Å². The first-order chi connectivity index (χ1) is 6.77. The molecule has 0 radical (unpaired) electrons.